The summed E-state index contributed by atoms with van der Waals surface area (Å²) in [6.45, 7) is -0.0837. The van der Waals surface area contributed by atoms with Crippen LogP contribution in [0, 0.1) is 0 Å². The number of hydrogen-bond donors (Lipinski definition) is 2. The summed E-state index contributed by atoms with van der Waals surface area (Å²) in [4.78, 5) is 4.19. The van der Waals surface area contributed by atoms with Crippen molar-refractivity contribution in [2.24, 2.45) is 0 Å². The van der Waals surface area contributed by atoms with Gasteiger partial charge in [0.15, 0.2) is 0 Å². The van der Waals surface area contributed by atoms with Gasteiger partial charge in [0.25, 0.3) is 0 Å². The molecule has 9 heteroatoms. The molecule has 0 aliphatic heterocycles. The lowest BCUT2D eigenvalue weighted by Gasteiger charge is -2.12. The molecule has 3 N–H and O–H groups in total. The van der Waals surface area contributed by atoms with E-state index in [2.05, 4.69) is 10.1 Å². The van der Waals surface area contributed by atoms with Gasteiger partial charge in [0, 0.05) is 28.5 Å². The van der Waals surface area contributed by atoms with Crippen LogP contribution in [0.2, 0.25) is 5.02 Å². The van der Waals surface area contributed by atoms with Crippen molar-refractivity contribution in [2.45, 2.75) is 19.3 Å². The lowest BCUT2D eigenvalue weighted by atomic mass is 9.96. The van der Waals surface area contributed by atoms with E-state index >= 15 is 0 Å². The highest BCUT2D eigenvalue weighted by Crippen LogP contribution is 2.37. The van der Waals surface area contributed by atoms with Gasteiger partial charge < -0.3 is 10.8 Å². The molecule has 0 unspecified atom stereocenters. The number of hydrogen-bond acceptors (Lipinski definition) is 4. The second-order valence-corrected chi connectivity index (χ2v) is 7.60. The summed E-state index contributed by atoms with van der Waals surface area (Å²) in [5.41, 5.74) is 9.37. The molecule has 2 heterocycles. The van der Waals surface area contributed by atoms with Crippen LogP contribution in [0.25, 0.3) is 22.3 Å². The number of anilines is 1. The molecule has 164 valence electrons. The summed E-state index contributed by atoms with van der Waals surface area (Å²) in [6, 6.07) is 13.8. The minimum absolute atomic E-state index is 0.238. The summed E-state index contributed by atoms with van der Waals surface area (Å²) in [5, 5.41) is 14.9. The predicted molar refractivity (Wildman–Crippen MR) is 117 cm³/mol. The Morgan fingerprint density at radius 2 is 1.66 bits per heavy atom. The molecule has 2 aromatic carbocycles. The minimum Gasteiger partial charge on any atom is -0.390 e. The van der Waals surface area contributed by atoms with E-state index in [-0.39, 0.29) is 13.2 Å². The first-order chi connectivity index (χ1) is 15.3. The first kappa shape index (κ1) is 21.9. The lowest BCUT2D eigenvalue weighted by molar-refractivity contribution is -0.137. The van der Waals surface area contributed by atoms with E-state index in [1.807, 2.05) is 12.1 Å². The maximum Gasteiger partial charge on any atom is 0.416 e. The van der Waals surface area contributed by atoms with Gasteiger partial charge in [-0.05, 0) is 47.0 Å². The molecule has 32 heavy (non-hydrogen) atoms. The maximum atomic E-state index is 12.8. The Morgan fingerprint density at radius 3 is 2.28 bits per heavy atom. The molecular formula is C23H18ClF3N4O. The number of rotatable bonds is 5. The Bertz CT molecular complexity index is 1240. The number of aliphatic hydroxyl groups is 1. The normalized spacial score (nSPS) is 11.7. The average Bonchev–Trinajstić information content (AvgIpc) is 3.17. The Hall–Kier alpha value is -3.36. The van der Waals surface area contributed by atoms with Gasteiger partial charge in [-0.2, -0.15) is 18.3 Å². The molecule has 4 rings (SSSR count). The number of pyridine rings is 1. The van der Waals surface area contributed by atoms with Gasteiger partial charge in [0.2, 0.25) is 0 Å². The van der Waals surface area contributed by atoms with Crippen LogP contribution in [-0.4, -0.2) is 19.9 Å². The Kier molecular flexibility index (Phi) is 5.90. The second-order valence-electron chi connectivity index (χ2n) is 7.17. The molecule has 0 saturated heterocycles. The van der Waals surface area contributed by atoms with E-state index in [0.717, 1.165) is 23.3 Å². The van der Waals surface area contributed by atoms with Gasteiger partial charge >= 0.3 is 6.18 Å². The fourth-order valence-corrected chi connectivity index (χ4v) is 3.62. The molecule has 0 radical (unpaired) electrons. The number of nitrogens with two attached hydrogens (primary N) is 1. The van der Waals surface area contributed by atoms with Gasteiger partial charge in [0.1, 0.15) is 5.82 Å². The smallest absolute Gasteiger partial charge is 0.390 e. The van der Waals surface area contributed by atoms with Crippen molar-refractivity contribution in [3.05, 3.63) is 88.8 Å². The second kappa shape index (κ2) is 8.64. The van der Waals surface area contributed by atoms with Gasteiger partial charge in [-0.1, -0.05) is 35.9 Å². The van der Waals surface area contributed by atoms with Gasteiger partial charge in [-0.25, -0.2) is 4.98 Å². The molecular weight excluding hydrogens is 441 g/mol. The molecule has 0 bridgehead atoms. The summed E-state index contributed by atoms with van der Waals surface area (Å²) >= 11 is 6.00. The molecule has 0 amide bonds. The Morgan fingerprint density at radius 1 is 0.969 bits per heavy atom. The topological polar surface area (TPSA) is 77.0 Å². The Labute approximate surface area is 186 Å². The van der Waals surface area contributed by atoms with Crippen LogP contribution < -0.4 is 5.73 Å². The zero-order valence-electron chi connectivity index (χ0n) is 16.6. The molecule has 2 aromatic heterocycles. The highest BCUT2D eigenvalue weighted by Gasteiger charge is 2.30. The van der Waals surface area contributed by atoms with Crippen molar-refractivity contribution < 1.29 is 18.3 Å². The van der Waals surface area contributed by atoms with Crippen molar-refractivity contribution in [1.82, 2.24) is 14.8 Å². The average molecular weight is 459 g/mol. The van der Waals surface area contributed by atoms with Crippen LogP contribution in [0.1, 0.15) is 16.8 Å². The van der Waals surface area contributed by atoms with Crippen molar-refractivity contribution in [3.63, 3.8) is 0 Å². The molecule has 5 nitrogen and oxygen atoms in total. The number of nitrogens with zero attached hydrogens (tertiary/aromatic N) is 3. The van der Waals surface area contributed by atoms with Crippen LogP contribution in [0.15, 0.2) is 67.0 Å². The zero-order valence-corrected chi connectivity index (χ0v) is 17.4. The van der Waals surface area contributed by atoms with E-state index < -0.39 is 11.7 Å². The first-order valence-electron chi connectivity index (χ1n) is 9.60. The Balaban J connectivity index is 1.72. The number of nitrogen functional groups attached to an aromatic ring is 1. The van der Waals surface area contributed by atoms with Gasteiger partial charge in [-0.15, -0.1) is 0 Å². The molecule has 0 atom stereocenters. The number of halogens is 4. The molecule has 0 saturated carbocycles. The number of aliphatic hydroxyl groups excluding tert-OH is 1. The third kappa shape index (κ3) is 4.46. The van der Waals surface area contributed by atoms with E-state index in [1.165, 1.54) is 12.1 Å². The SMILES string of the molecule is Nc1nccc(-c2cn(Cc3ccc(C(F)(F)F)cc3)nc2CO)c1-c1ccc(Cl)cc1. The fourth-order valence-electron chi connectivity index (χ4n) is 3.49. The largest absolute Gasteiger partial charge is 0.416 e. The lowest BCUT2D eigenvalue weighted by Crippen LogP contribution is -2.06. The summed E-state index contributed by atoms with van der Waals surface area (Å²) in [5.74, 6) is 0.309. The molecule has 0 spiro atoms. The predicted octanol–water partition coefficient (Wildman–Crippen LogP) is 5.41. The monoisotopic (exact) mass is 458 g/mol. The molecule has 0 fully saturated rings. The molecule has 4 aromatic rings. The third-order valence-electron chi connectivity index (χ3n) is 5.02. The number of alkyl halides is 3. The first-order valence-corrected chi connectivity index (χ1v) is 9.98. The van der Waals surface area contributed by atoms with Crippen molar-refractivity contribution in [3.8, 4) is 22.3 Å². The number of benzene rings is 2. The minimum atomic E-state index is -4.39. The van der Waals surface area contributed by atoms with Crippen molar-refractivity contribution >= 4 is 17.4 Å². The van der Waals surface area contributed by atoms with Crippen LogP contribution in [-0.2, 0) is 19.3 Å². The van der Waals surface area contributed by atoms with E-state index in [9.17, 15) is 18.3 Å². The van der Waals surface area contributed by atoms with Crippen LogP contribution >= 0.6 is 11.6 Å². The van der Waals surface area contributed by atoms with Gasteiger partial charge in [-0.3, -0.25) is 4.68 Å². The van der Waals surface area contributed by atoms with Crippen LogP contribution in [0.5, 0.6) is 0 Å². The quantitative estimate of drug-likeness (QED) is 0.419. The maximum absolute atomic E-state index is 12.8. The van der Waals surface area contributed by atoms with Crippen LogP contribution in [0.3, 0.4) is 0 Å². The van der Waals surface area contributed by atoms with E-state index in [1.54, 1.807) is 35.3 Å². The summed E-state index contributed by atoms with van der Waals surface area (Å²) in [7, 11) is 0. The third-order valence-corrected chi connectivity index (χ3v) is 5.27. The van der Waals surface area contributed by atoms with E-state index in [4.69, 9.17) is 17.3 Å². The fraction of sp³-hybridized carbons (Fsp3) is 0.130. The van der Waals surface area contributed by atoms with Gasteiger partial charge in [0.05, 0.1) is 24.4 Å². The molecule has 0 aliphatic carbocycles. The highest BCUT2D eigenvalue weighted by molar-refractivity contribution is 6.30. The van der Waals surface area contributed by atoms with E-state index in [0.29, 0.717) is 33.2 Å². The van der Waals surface area contributed by atoms with Crippen molar-refractivity contribution in [2.75, 3.05) is 5.73 Å². The number of aromatic nitrogens is 3. The zero-order chi connectivity index (χ0) is 22.9. The summed E-state index contributed by atoms with van der Waals surface area (Å²) < 4.78 is 40.0. The standard InChI is InChI=1S/C23H18ClF3N4O/c24-17-7-3-15(4-8-17)21-18(9-10-29-22(21)28)19-12-31(30-20(19)13-32)11-14-1-5-16(6-2-14)23(25,26)27/h1-10,12,32H,11,13H2,(H2,28,29). The van der Waals surface area contributed by atoms with Crippen LogP contribution in [0.4, 0.5) is 19.0 Å². The highest BCUT2D eigenvalue weighted by atomic mass is 35.5. The molecule has 0 aliphatic rings. The summed E-state index contributed by atoms with van der Waals surface area (Å²) in [6.07, 6.45) is -1.09. The van der Waals surface area contributed by atoms with Crippen molar-refractivity contribution in [1.29, 1.82) is 0 Å².